The summed E-state index contributed by atoms with van der Waals surface area (Å²) in [5.41, 5.74) is 3.51. The van der Waals surface area contributed by atoms with E-state index in [2.05, 4.69) is 42.8 Å². The maximum atomic E-state index is 12.2. The van der Waals surface area contributed by atoms with Crippen LogP contribution in [0.15, 0.2) is 48.5 Å². The molecule has 25 heavy (non-hydrogen) atoms. The summed E-state index contributed by atoms with van der Waals surface area (Å²) in [6, 6.07) is 15.0. The molecule has 3 N–H and O–H groups in total. The van der Waals surface area contributed by atoms with Gasteiger partial charge in [0.25, 0.3) is 0 Å². The smallest absolute Gasteiger partial charge is 0.243 e. The fraction of sp³-hybridized carbons (Fsp3) is 0.300. The van der Waals surface area contributed by atoms with Gasteiger partial charge in [0, 0.05) is 24.0 Å². The number of benzene rings is 2. The highest BCUT2D eigenvalue weighted by Gasteiger charge is 2.17. The van der Waals surface area contributed by atoms with E-state index in [4.69, 9.17) is 0 Å². The lowest BCUT2D eigenvalue weighted by Crippen LogP contribution is -2.23. The van der Waals surface area contributed by atoms with Crippen molar-refractivity contribution in [1.29, 1.82) is 0 Å². The lowest BCUT2D eigenvalue weighted by atomic mass is 9.86. The lowest BCUT2D eigenvalue weighted by molar-refractivity contribution is -0.115. The SMILES string of the molecule is CC(=O)Nc1ccc(NC(=O)CNc2ccccc2C(C)(C)C)cc1. The van der Waals surface area contributed by atoms with Gasteiger partial charge in [-0.2, -0.15) is 0 Å². The van der Waals surface area contributed by atoms with Crippen molar-refractivity contribution in [2.75, 3.05) is 22.5 Å². The molecule has 0 saturated heterocycles. The Labute approximate surface area is 148 Å². The van der Waals surface area contributed by atoms with Crippen LogP contribution in [-0.4, -0.2) is 18.4 Å². The second-order valence-electron chi connectivity index (χ2n) is 6.96. The van der Waals surface area contributed by atoms with E-state index in [9.17, 15) is 9.59 Å². The molecular formula is C20H25N3O2. The molecule has 2 aromatic carbocycles. The van der Waals surface area contributed by atoms with Gasteiger partial charge in [0.05, 0.1) is 6.54 Å². The fourth-order valence-corrected chi connectivity index (χ4v) is 2.51. The molecule has 0 aliphatic heterocycles. The number of rotatable bonds is 5. The monoisotopic (exact) mass is 339 g/mol. The zero-order valence-corrected chi connectivity index (χ0v) is 15.1. The first-order chi connectivity index (χ1) is 11.8. The van der Waals surface area contributed by atoms with E-state index in [1.165, 1.54) is 12.5 Å². The number of carbonyl (C=O) groups is 2. The average molecular weight is 339 g/mol. The summed E-state index contributed by atoms with van der Waals surface area (Å²) in [5, 5.41) is 8.73. The van der Waals surface area contributed by atoms with Crippen molar-refractivity contribution < 1.29 is 9.59 Å². The minimum Gasteiger partial charge on any atom is -0.376 e. The van der Waals surface area contributed by atoms with Gasteiger partial charge < -0.3 is 16.0 Å². The topological polar surface area (TPSA) is 70.2 Å². The number of amides is 2. The molecular weight excluding hydrogens is 314 g/mol. The van der Waals surface area contributed by atoms with Crippen LogP contribution in [0.25, 0.3) is 0 Å². The molecule has 2 amide bonds. The van der Waals surface area contributed by atoms with Gasteiger partial charge in [-0.15, -0.1) is 0 Å². The van der Waals surface area contributed by atoms with Gasteiger partial charge in [-0.25, -0.2) is 0 Å². The summed E-state index contributed by atoms with van der Waals surface area (Å²) in [5.74, 6) is -0.255. The molecule has 0 radical (unpaired) electrons. The summed E-state index contributed by atoms with van der Waals surface area (Å²) >= 11 is 0. The van der Waals surface area contributed by atoms with E-state index >= 15 is 0 Å². The van der Waals surface area contributed by atoms with E-state index in [-0.39, 0.29) is 23.8 Å². The second kappa shape index (κ2) is 7.83. The van der Waals surface area contributed by atoms with Crippen LogP contribution >= 0.6 is 0 Å². The Balaban J connectivity index is 1.94. The third kappa shape index (κ3) is 5.64. The van der Waals surface area contributed by atoms with Crippen LogP contribution in [0.2, 0.25) is 0 Å². The molecule has 5 heteroatoms. The molecule has 0 saturated carbocycles. The Morgan fingerprint density at radius 2 is 1.44 bits per heavy atom. The minimum atomic E-state index is -0.129. The Morgan fingerprint density at radius 1 is 0.880 bits per heavy atom. The number of carbonyl (C=O) groups excluding carboxylic acids is 2. The predicted molar refractivity (Wildman–Crippen MR) is 103 cm³/mol. The van der Waals surface area contributed by atoms with Crippen LogP contribution in [0.5, 0.6) is 0 Å². The Kier molecular flexibility index (Phi) is 5.80. The fourth-order valence-electron chi connectivity index (χ4n) is 2.51. The number of hydrogen-bond acceptors (Lipinski definition) is 3. The van der Waals surface area contributed by atoms with E-state index in [0.29, 0.717) is 11.4 Å². The lowest BCUT2D eigenvalue weighted by Gasteiger charge is -2.23. The van der Waals surface area contributed by atoms with Gasteiger partial charge in [0.15, 0.2) is 0 Å². The molecule has 0 heterocycles. The van der Waals surface area contributed by atoms with Crippen molar-refractivity contribution in [3.05, 3.63) is 54.1 Å². The molecule has 0 spiro atoms. The number of para-hydroxylation sites is 1. The highest BCUT2D eigenvalue weighted by atomic mass is 16.2. The van der Waals surface area contributed by atoms with E-state index < -0.39 is 0 Å². The summed E-state index contributed by atoms with van der Waals surface area (Å²) in [6.07, 6.45) is 0. The zero-order chi connectivity index (χ0) is 18.4. The Morgan fingerprint density at radius 3 is 2.00 bits per heavy atom. The van der Waals surface area contributed by atoms with Crippen LogP contribution in [0.4, 0.5) is 17.1 Å². The number of anilines is 3. The normalized spacial score (nSPS) is 10.9. The van der Waals surface area contributed by atoms with Crippen LogP contribution in [0.3, 0.4) is 0 Å². The first kappa shape index (κ1) is 18.5. The molecule has 2 aromatic rings. The van der Waals surface area contributed by atoms with Crippen molar-refractivity contribution in [1.82, 2.24) is 0 Å². The molecule has 0 unspecified atom stereocenters. The predicted octanol–water partition coefficient (Wildman–Crippen LogP) is 3.99. The second-order valence-corrected chi connectivity index (χ2v) is 6.96. The maximum absolute atomic E-state index is 12.2. The summed E-state index contributed by atoms with van der Waals surface area (Å²) in [4.78, 5) is 23.2. The van der Waals surface area contributed by atoms with Gasteiger partial charge in [-0.1, -0.05) is 39.0 Å². The molecule has 0 aliphatic rings. The Bertz CT molecular complexity index is 746. The van der Waals surface area contributed by atoms with E-state index in [0.717, 1.165) is 5.69 Å². The molecule has 5 nitrogen and oxygen atoms in total. The van der Waals surface area contributed by atoms with Crippen molar-refractivity contribution >= 4 is 28.9 Å². The standard InChI is InChI=1S/C20H25N3O2/c1-14(24)22-15-9-11-16(12-10-15)23-19(25)13-21-18-8-6-5-7-17(18)20(2,3)4/h5-12,21H,13H2,1-4H3,(H,22,24)(H,23,25). The molecule has 2 rings (SSSR count). The molecule has 0 fully saturated rings. The third-order valence-corrected chi connectivity index (χ3v) is 3.66. The van der Waals surface area contributed by atoms with Gasteiger partial charge in [-0.05, 0) is 41.3 Å². The van der Waals surface area contributed by atoms with Crippen molar-refractivity contribution in [3.8, 4) is 0 Å². The van der Waals surface area contributed by atoms with Crippen LogP contribution < -0.4 is 16.0 Å². The zero-order valence-electron chi connectivity index (χ0n) is 15.1. The van der Waals surface area contributed by atoms with Crippen LogP contribution in [-0.2, 0) is 15.0 Å². The third-order valence-electron chi connectivity index (χ3n) is 3.66. The first-order valence-electron chi connectivity index (χ1n) is 8.26. The van der Waals surface area contributed by atoms with Gasteiger partial charge in [0.1, 0.15) is 0 Å². The summed E-state index contributed by atoms with van der Waals surface area (Å²) < 4.78 is 0. The van der Waals surface area contributed by atoms with E-state index in [1.54, 1.807) is 24.3 Å². The molecule has 0 aliphatic carbocycles. The van der Waals surface area contributed by atoms with Crippen LogP contribution in [0, 0.1) is 0 Å². The summed E-state index contributed by atoms with van der Waals surface area (Å²) in [6.45, 7) is 8.07. The van der Waals surface area contributed by atoms with E-state index in [1.807, 2.05) is 18.2 Å². The van der Waals surface area contributed by atoms with Crippen molar-refractivity contribution in [3.63, 3.8) is 0 Å². The first-order valence-corrected chi connectivity index (χ1v) is 8.26. The Hall–Kier alpha value is -2.82. The highest BCUT2D eigenvalue weighted by Crippen LogP contribution is 2.29. The largest absolute Gasteiger partial charge is 0.376 e. The molecule has 132 valence electrons. The van der Waals surface area contributed by atoms with Gasteiger partial charge >= 0.3 is 0 Å². The maximum Gasteiger partial charge on any atom is 0.243 e. The van der Waals surface area contributed by atoms with Gasteiger partial charge in [-0.3, -0.25) is 9.59 Å². The van der Waals surface area contributed by atoms with Gasteiger partial charge in [0.2, 0.25) is 11.8 Å². The number of nitrogens with one attached hydrogen (secondary N) is 3. The highest BCUT2D eigenvalue weighted by molar-refractivity contribution is 5.94. The molecule has 0 atom stereocenters. The van der Waals surface area contributed by atoms with Crippen molar-refractivity contribution in [2.24, 2.45) is 0 Å². The quantitative estimate of drug-likeness (QED) is 0.771. The van der Waals surface area contributed by atoms with Crippen molar-refractivity contribution in [2.45, 2.75) is 33.1 Å². The molecule has 0 bridgehead atoms. The molecule has 0 aromatic heterocycles. The number of hydrogen-bond donors (Lipinski definition) is 3. The summed E-state index contributed by atoms with van der Waals surface area (Å²) in [7, 11) is 0. The van der Waals surface area contributed by atoms with Crippen LogP contribution in [0.1, 0.15) is 33.3 Å². The minimum absolute atomic E-state index is 0.000384. The average Bonchev–Trinajstić information content (AvgIpc) is 2.54.